The fourth-order valence-electron chi connectivity index (χ4n) is 1.21. The van der Waals surface area contributed by atoms with Crippen molar-refractivity contribution < 1.29 is 24.1 Å². The molecule has 0 heterocycles. The summed E-state index contributed by atoms with van der Waals surface area (Å²) < 4.78 is 16.0. The van der Waals surface area contributed by atoms with Gasteiger partial charge in [0.1, 0.15) is 6.61 Å². The van der Waals surface area contributed by atoms with Gasteiger partial charge in [-0.3, -0.25) is 0 Å². The number of methoxy groups -OCH3 is 2. The molecule has 1 N–H and O–H groups in total. The molecule has 0 spiro atoms. The smallest absolute Gasteiger partial charge is 0.336 e. The van der Waals surface area contributed by atoms with Crippen LogP contribution in [0.2, 0.25) is 0 Å². The van der Waals surface area contributed by atoms with Crippen molar-refractivity contribution >= 4 is 28.6 Å². The third-order valence-electron chi connectivity index (χ3n) is 2.03. The molecule has 1 aromatic rings. The fraction of sp³-hybridized carbons (Fsp3) is 0.364. The van der Waals surface area contributed by atoms with Crippen LogP contribution in [0.3, 0.4) is 0 Å². The van der Waals surface area contributed by atoms with Crippen LogP contribution in [-0.4, -0.2) is 38.5 Å². The molecule has 0 fully saturated rings. The zero-order valence-corrected chi connectivity index (χ0v) is 11.7. The first-order valence-corrected chi connectivity index (χ1v) is 5.90. The Hall–Kier alpha value is -1.02. The van der Waals surface area contributed by atoms with E-state index in [0.717, 1.165) is 0 Å². The maximum atomic E-state index is 10.9. The van der Waals surface area contributed by atoms with Gasteiger partial charge >= 0.3 is 5.97 Å². The number of hydrogen-bond donors (Lipinski definition) is 1. The molecule has 17 heavy (non-hydrogen) atoms. The summed E-state index contributed by atoms with van der Waals surface area (Å²) >= 11 is 1.95. The summed E-state index contributed by atoms with van der Waals surface area (Å²) in [4.78, 5) is 10.9. The number of carboxylic acids is 1. The topological polar surface area (TPSA) is 65.0 Å². The zero-order chi connectivity index (χ0) is 12.8. The van der Waals surface area contributed by atoms with E-state index in [2.05, 4.69) is 0 Å². The van der Waals surface area contributed by atoms with Gasteiger partial charge in [0.15, 0.2) is 11.5 Å². The van der Waals surface area contributed by atoms with Gasteiger partial charge in [0.05, 0.1) is 19.3 Å². The van der Waals surface area contributed by atoms with Gasteiger partial charge in [-0.05, 0) is 34.7 Å². The molecule has 0 aliphatic rings. The molecular formula is C11H13IO5. The molecule has 0 aliphatic heterocycles. The number of ether oxygens (including phenoxy) is 3. The summed E-state index contributed by atoms with van der Waals surface area (Å²) in [5, 5.41) is 8.97. The molecule has 5 nitrogen and oxygen atoms in total. The SMILES string of the molecule is COCCOc1cc(I)c(C(=O)O)cc1OC. The quantitative estimate of drug-likeness (QED) is 0.627. The summed E-state index contributed by atoms with van der Waals surface area (Å²) in [6.07, 6.45) is 0. The predicted molar refractivity (Wildman–Crippen MR) is 70.0 cm³/mol. The number of carboxylic acid groups (broad SMARTS) is 1. The van der Waals surface area contributed by atoms with Crippen LogP contribution in [0, 0.1) is 3.57 Å². The normalized spacial score (nSPS) is 10.1. The lowest BCUT2D eigenvalue weighted by atomic mass is 10.2. The molecule has 1 aromatic carbocycles. The van der Waals surface area contributed by atoms with Crippen LogP contribution >= 0.6 is 22.6 Å². The number of hydrogen-bond acceptors (Lipinski definition) is 4. The van der Waals surface area contributed by atoms with Crippen molar-refractivity contribution in [1.82, 2.24) is 0 Å². The Morgan fingerprint density at radius 3 is 2.53 bits per heavy atom. The van der Waals surface area contributed by atoms with Crippen molar-refractivity contribution in [2.45, 2.75) is 0 Å². The highest BCUT2D eigenvalue weighted by Gasteiger charge is 2.14. The molecule has 6 heteroatoms. The largest absolute Gasteiger partial charge is 0.493 e. The number of rotatable bonds is 6. The Labute approximate surface area is 113 Å². The Morgan fingerprint density at radius 1 is 1.29 bits per heavy atom. The third kappa shape index (κ3) is 3.74. The van der Waals surface area contributed by atoms with E-state index >= 15 is 0 Å². The molecule has 0 atom stereocenters. The van der Waals surface area contributed by atoms with E-state index in [9.17, 15) is 4.79 Å². The van der Waals surface area contributed by atoms with E-state index in [1.165, 1.54) is 13.2 Å². The zero-order valence-electron chi connectivity index (χ0n) is 9.53. The van der Waals surface area contributed by atoms with Crippen LogP contribution in [0.25, 0.3) is 0 Å². The van der Waals surface area contributed by atoms with Crippen molar-refractivity contribution in [2.24, 2.45) is 0 Å². The minimum Gasteiger partial charge on any atom is -0.493 e. The average Bonchev–Trinajstić information content (AvgIpc) is 2.29. The number of carbonyl (C=O) groups is 1. The molecule has 0 saturated heterocycles. The van der Waals surface area contributed by atoms with Gasteiger partial charge in [0.2, 0.25) is 0 Å². The lowest BCUT2D eigenvalue weighted by Crippen LogP contribution is -2.07. The summed E-state index contributed by atoms with van der Waals surface area (Å²) in [5.74, 6) is -0.0750. The Kier molecular flexibility index (Phi) is 5.49. The molecule has 0 radical (unpaired) electrons. The lowest BCUT2D eigenvalue weighted by molar-refractivity contribution is 0.0695. The number of aromatic carboxylic acids is 1. The molecule has 0 aromatic heterocycles. The summed E-state index contributed by atoms with van der Waals surface area (Å²) in [5.41, 5.74) is 0.196. The van der Waals surface area contributed by atoms with Crippen molar-refractivity contribution in [1.29, 1.82) is 0 Å². The van der Waals surface area contributed by atoms with Crippen LogP contribution in [0.5, 0.6) is 11.5 Å². The van der Waals surface area contributed by atoms with E-state index in [1.54, 1.807) is 13.2 Å². The molecular weight excluding hydrogens is 339 g/mol. The third-order valence-corrected chi connectivity index (χ3v) is 2.92. The predicted octanol–water partition coefficient (Wildman–Crippen LogP) is 2.02. The fourth-order valence-corrected chi connectivity index (χ4v) is 1.88. The van der Waals surface area contributed by atoms with Crippen LogP contribution in [0.4, 0.5) is 0 Å². The van der Waals surface area contributed by atoms with Crippen LogP contribution < -0.4 is 9.47 Å². The second-order valence-corrected chi connectivity index (χ2v) is 4.29. The highest BCUT2D eigenvalue weighted by Crippen LogP contribution is 2.31. The van der Waals surface area contributed by atoms with Crippen molar-refractivity contribution in [2.75, 3.05) is 27.4 Å². The first kappa shape index (κ1) is 14.0. The first-order chi connectivity index (χ1) is 8.10. The summed E-state index contributed by atoms with van der Waals surface area (Å²) in [7, 11) is 3.05. The van der Waals surface area contributed by atoms with Gasteiger partial charge in [-0.25, -0.2) is 4.79 Å². The monoisotopic (exact) mass is 352 g/mol. The van der Waals surface area contributed by atoms with Gasteiger partial charge < -0.3 is 19.3 Å². The van der Waals surface area contributed by atoms with Gasteiger partial charge in [-0.15, -0.1) is 0 Å². The first-order valence-electron chi connectivity index (χ1n) is 4.82. The summed E-state index contributed by atoms with van der Waals surface area (Å²) in [6, 6.07) is 3.09. The van der Waals surface area contributed by atoms with Crippen molar-refractivity contribution in [3.05, 3.63) is 21.3 Å². The average molecular weight is 352 g/mol. The number of halogens is 1. The maximum Gasteiger partial charge on any atom is 0.336 e. The molecule has 0 saturated carbocycles. The lowest BCUT2D eigenvalue weighted by Gasteiger charge is -2.12. The van der Waals surface area contributed by atoms with Crippen LogP contribution in [0.15, 0.2) is 12.1 Å². The molecule has 0 aliphatic carbocycles. The Bertz CT molecular complexity index is 405. The van der Waals surface area contributed by atoms with Crippen molar-refractivity contribution in [3.63, 3.8) is 0 Å². The van der Waals surface area contributed by atoms with Gasteiger partial charge in [0, 0.05) is 10.7 Å². The van der Waals surface area contributed by atoms with E-state index in [-0.39, 0.29) is 5.56 Å². The number of benzene rings is 1. The summed E-state index contributed by atoms with van der Waals surface area (Å²) in [6.45, 7) is 0.843. The van der Waals surface area contributed by atoms with Crippen LogP contribution in [0.1, 0.15) is 10.4 Å². The Balaban J connectivity index is 2.97. The van der Waals surface area contributed by atoms with Crippen molar-refractivity contribution in [3.8, 4) is 11.5 Å². The van der Waals surface area contributed by atoms with Crippen LogP contribution in [-0.2, 0) is 4.74 Å². The van der Waals surface area contributed by atoms with E-state index in [1.807, 2.05) is 22.6 Å². The second-order valence-electron chi connectivity index (χ2n) is 3.13. The van der Waals surface area contributed by atoms with E-state index < -0.39 is 5.97 Å². The molecule has 0 bridgehead atoms. The minimum absolute atomic E-state index is 0.196. The standard InChI is InChI=1S/C11H13IO5/c1-15-3-4-17-10-6-8(12)7(11(13)14)5-9(10)16-2/h5-6H,3-4H2,1-2H3,(H,13,14). The van der Waals surface area contributed by atoms with Gasteiger partial charge in [-0.2, -0.15) is 0 Å². The van der Waals surface area contributed by atoms with Gasteiger partial charge in [-0.1, -0.05) is 0 Å². The minimum atomic E-state index is -0.990. The maximum absolute atomic E-state index is 10.9. The molecule has 94 valence electrons. The van der Waals surface area contributed by atoms with Gasteiger partial charge in [0.25, 0.3) is 0 Å². The molecule has 1 rings (SSSR count). The molecule has 0 amide bonds. The second kappa shape index (κ2) is 6.65. The van der Waals surface area contributed by atoms with E-state index in [4.69, 9.17) is 19.3 Å². The van der Waals surface area contributed by atoms with E-state index in [0.29, 0.717) is 28.3 Å². The highest BCUT2D eigenvalue weighted by molar-refractivity contribution is 14.1. The highest BCUT2D eigenvalue weighted by atomic mass is 127. The Morgan fingerprint density at radius 2 is 2.00 bits per heavy atom. The molecule has 0 unspecified atom stereocenters.